The zero-order valence-electron chi connectivity index (χ0n) is 21.3. The van der Waals surface area contributed by atoms with E-state index in [0.717, 1.165) is 42.7 Å². The predicted molar refractivity (Wildman–Crippen MR) is 147 cm³/mol. The minimum absolute atomic E-state index is 0.0132. The second-order valence-electron chi connectivity index (χ2n) is 9.83. The molecule has 0 aliphatic carbocycles. The molecule has 0 N–H and O–H groups in total. The van der Waals surface area contributed by atoms with Crippen molar-refractivity contribution in [2.75, 3.05) is 13.1 Å². The smallest absolute Gasteiger partial charge is 0.266 e. The molecule has 2 heterocycles. The minimum Gasteiger partial charge on any atom is -0.339 e. The number of aromatic nitrogens is 2. The highest BCUT2D eigenvalue weighted by Crippen LogP contribution is 2.28. The SMILES string of the molecule is Cc1cc(C)cc(-n2c(SCc3cc(C)ccc3C)nc3cc(C(=O)N4CCCC4)ccc3c2=O)c1. The average Bonchev–Trinajstić information content (AvgIpc) is 3.38. The maximum Gasteiger partial charge on any atom is 0.266 e. The Morgan fingerprint density at radius 2 is 1.61 bits per heavy atom. The molecule has 0 spiro atoms. The number of fused-ring (bicyclic) bond motifs is 1. The van der Waals surface area contributed by atoms with Crippen molar-refractivity contribution in [3.63, 3.8) is 0 Å². The summed E-state index contributed by atoms with van der Waals surface area (Å²) in [5.74, 6) is 0.710. The number of carbonyl (C=O) groups excluding carboxylic acids is 1. The van der Waals surface area contributed by atoms with E-state index in [1.54, 1.807) is 34.5 Å². The topological polar surface area (TPSA) is 55.2 Å². The van der Waals surface area contributed by atoms with Crippen molar-refractivity contribution in [3.8, 4) is 5.69 Å². The first-order chi connectivity index (χ1) is 17.3. The fourth-order valence-corrected chi connectivity index (χ4v) is 5.98. The Labute approximate surface area is 216 Å². The number of carbonyl (C=O) groups is 1. The molecular weight excluding hydrogens is 466 g/mol. The molecule has 5 rings (SSSR count). The van der Waals surface area contributed by atoms with E-state index < -0.39 is 0 Å². The molecule has 3 aromatic carbocycles. The van der Waals surface area contributed by atoms with Crippen LogP contribution >= 0.6 is 11.8 Å². The summed E-state index contributed by atoms with van der Waals surface area (Å²) in [6, 6.07) is 17.9. The van der Waals surface area contributed by atoms with Crippen LogP contribution in [-0.4, -0.2) is 33.4 Å². The lowest BCUT2D eigenvalue weighted by Crippen LogP contribution is -2.28. The zero-order valence-corrected chi connectivity index (χ0v) is 22.1. The number of nitrogens with zero attached hydrogens (tertiary/aromatic N) is 3. The second-order valence-corrected chi connectivity index (χ2v) is 10.8. The maximum absolute atomic E-state index is 13.9. The molecule has 1 fully saturated rings. The predicted octanol–water partition coefficient (Wildman–Crippen LogP) is 6.15. The van der Waals surface area contributed by atoms with Gasteiger partial charge in [0.2, 0.25) is 0 Å². The van der Waals surface area contributed by atoms with Crippen molar-refractivity contribution in [3.05, 3.63) is 98.3 Å². The summed E-state index contributed by atoms with van der Waals surface area (Å²) in [6.45, 7) is 9.85. The van der Waals surface area contributed by atoms with Gasteiger partial charge >= 0.3 is 0 Å². The molecule has 5 nitrogen and oxygen atoms in total. The van der Waals surface area contributed by atoms with Gasteiger partial charge in [0, 0.05) is 24.4 Å². The van der Waals surface area contributed by atoms with E-state index >= 15 is 0 Å². The third-order valence-electron chi connectivity index (χ3n) is 6.80. The normalized spacial score (nSPS) is 13.5. The Bertz CT molecular complexity index is 1510. The van der Waals surface area contributed by atoms with Crippen molar-refractivity contribution in [1.29, 1.82) is 0 Å². The third-order valence-corrected chi connectivity index (χ3v) is 7.79. The second kappa shape index (κ2) is 9.94. The molecule has 1 amide bonds. The summed E-state index contributed by atoms with van der Waals surface area (Å²) in [6.07, 6.45) is 2.08. The number of aryl methyl sites for hydroxylation is 4. The number of hydrogen-bond donors (Lipinski definition) is 0. The van der Waals surface area contributed by atoms with Gasteiger partial charge in [-0.1, -0.05) is 41.6 Å². The molecule has 0 unspecified atom stereocenters. The lowest BCUT2D eigenvalue weighted by molar-refractivity contribution is 0.0793. The Kier molecular flexibility index (Phi) is 6.71. The van der Waals surface area contributed by atoms with Crippen LogP contribution < -0.4 is 5.56 Å². The summed E-state index contributed by atoms with van der Waals surface area (Å²) in [7, 11) is 0. The number of likely N-dealkylation sites (tertiary alicyclic amines) is 1. The van der Waals surface area contributed by atoms with Crippen LogP contribution in [0.25, 0.3) is 16.6 Å². The third kappa shape index (κ3) is 4.82. The summed E-state index contributed by atoms with van der Waals surface area (Å²) >= 11 is 1.55. The molecule has 0 atom stereocenters. The number of amides is 1. The van der Waals surface area contributed by atoms with Crippen LogP contribution in [0.1, 0.15) is 51.0 Å². The fourth-order valence-electron chi connectivity index (χ4n) is 4.90. The van der Waals surface area contributed by atoms with Crippen LogP contribution in [0.15, 0.2) is 64.5 Å². The number of hydrogen-bond acceptors (Lipinski definition) is 4. The molecule has 0 radical (unpaired) electrons. The van der Waals surface area contributed by atoms with E-state index in [9.17, 15) is 9.59 Å². The Morgan fingerprint density at radius 1 is 0.889 bits per heavy atom. The fraction of sp³-hybridized carbons (Fsp3) is 0.300. The minimum atomic E-state index is -0.117. The molecule has 4 aromatic rings. The van der Waals surface area contributed by atoms with Gasteiger partial charge in [0.25, 0.3) is 11.5 Å². The molecule has 0 saturated carbocycles. The average molecular weight is 498 g/mol. The van der Waals surface area contributed by atoms with Gasteiger partial charge in [0.15, 0.2) is 5.16 Å². The molecule has 184 valence electrons. The molecule has 1 aliphatic rings. The highest BCUT2D eigenvalue weighted by Gasteiger charge is 2.21. The number of rotatable bonds is 5. The van der Waals surface area contributed by atoms with Gasteiger partial charge in [-0.15, -0.1) is 0 Å². The van der Waals surface area contributed by atoms with E-state index in [1.807, 2.05) is 30.9 Å². The van der Waals surface area contributed by atoms with Crippen molar-refractivity contribution >= 4 is 28.6 Å². The molecule has 0 bridgehead atoms. The summed E-state index contributed by atoms with van der Waals surface area (Å²) in [5.41, 5.74) is 7.68. The van der Waals surface area contributed by atoms with Gasteiger partial charge in [0.05, 0.1) is 16.6 Å². The maximum atomic E-state index is 13.9. The largest absolute Gasteiger partial charge is 0.339 e. The summed E-state index contributed by atoms with van der Waals surface area (Å²) in [4.78, 5) is 33.7. The Balaban J connectivity index is 1.63. The van der Waals surface area contributed by atoms with Gasteiger partial charge < -0.3 is 4.90 Å². The Hall–Kier alpha value is -3.38. The van der Waals surface area contributed by atoms with Crippen LogP contribution in [-0.2, 0) is 5.75 Å². The van der Waals surface area contributed by atoms with Crippen LogP contribution in [0.3, 0.4) is 0 Å². The molecule has 6 heteroatoms. The summed E-state index contributed by atoms with van der Waals surface area (Å²) < 4.78 is 1.72. The molecule has 1 saturated heterocycles. The van der Waals surface area contributed by atoms with Gasteiger partial charge in [-0.2, -0.15) is 0 Å². The van der Waals surface area contributed by atoms with Crippen LogP contribution in [0, 0.1) is 27.7 Å². The first-order valence-electron chi connectivity index (χ1n) is 12.4. The summed E-state index contributed by atoms with van der Waals surface area (Å²) in [5, 5.41) is 1.15. The lowest BCUT2D eigenvalue weighted by Gasteiger charge is -2.17. The van der Waals surface area contributed by atoms with Crippen molar-refractivity contribution in [2.24, 2.45) is 0 Å². The van der Waals surface area contributed by atoms with E-state index in [1.165, 1.54) is 16.7 Å². The molecule has 1 aliphatic heterocycles. The van der Waals surface area contributed by atoms with Crippen LogP contribution in [0.5, 0.6) is 0 Å². The van der Waals surface area contributed by atoms with E-state index in [2.05, 4.69) is 38.1 Å². The van der Waals surface area contributed by atoms with Gasteiger partial charge in [-0.3, -0.25) is 14.2 Å². The molecule has 1 aromatic heterocycles. The standard InChI is InChI=1S/C30H31N3O2S/c1-19-7-8-22(4)24(14-19)18-36-30-31-27-17-23(28(34)32-11-5-6-12-32)9-10-26(27)29(35)33(30)25-15-20(2)13-21(3)16-25/h7-10,13-17H,5-6,11-12,18H2,1-4H3. The lowest BCUT2D eigenvalue weighted by atomic mass is 10.1. The van der Waals surface area contributed by atoms with Crippen molar-refractivity contribution < 1.29 is 4.79 Å². The highest BCUT2D eigenvalue weighted by atomic mass is 32.2. The van der Waals surface area contributed by atoms with Gasteiger partial charge in [0.1, 0.15) is 0 Å². The van der Waals surface area contributed by atoms with E-state index in [0.29, 0.717) is 27.4 Å². The van der Waals surface area contributed by atoms with Gasteiger partial charge in [-0.05, 0) is 93.1 Å². The molecule has 36 heavy (non-hydrogen) atoms. The van der Waals surface area contributed by atoms with Gasteiger partial charge in [-0.25, -0.2) is 4.98 Å². The first-order valence-corrected chi connectivity index (χ1v) is 13.4. The monoisotopic (exact) mass is 497 g/mol. The first kappa shape index (κ1) is 24.3. The molecular formula is C30H31N3O2S. The zero-order chi connectivity index (χ0) is 25.4. The Morgan fingerprint density at radius 3 is 2.33 bits per heavy atom. The van der Waals surface area contributed by atoms with E-state index in [4.69, 9.17) is 4.98 Å². The number of thioether (sulfide) groups is 1. The highest BCUT2D eigenvalue weighted by molar-refractivity contribution is 7.98. The van der Waals surface area contributed by atoms with Crippen molar-refractivity contribution in [1.82, 2.24) is 14.5 Å². The van der Waals surface area contributed by atoms with Crippen LogP contribution in [0.4, 0.5) is 0 Å². The van der Waals surface area contributed by atoms with Crippen molar-refractivity contribution in [2.45, 2.75) is 51.4 Å². The number of benzene rings is 3. The quantitative estimate of drug-likeness (QED) is 0.245. The van der Waals surface area contributed by atoms with Crippen LogP contribution in [0.2, 0.25) is 0 Å². The van der Waals surface area contributed by atoms with E-state index in [-0.39, 0.29) is 11.5 Å².